The lowest BCUT2D eigenvalue weighted by Gasteiger charge is -2.30. The first-order valence-corrected chi connectivity index (χ1v) is 21.3. The van der Waals surface area contributed by atoms with E-state index in [0.29, 0.717) is 12.8 Å². The summed E-state index contributed by atoms with van der Waals surface area (Å²) in [6.07, 6.45) is -3.32. The molecule has 25 heteroatoms. The van der Waals surface area contributed by atoms with Crippen LogP contribution in [0.2, 0.25) is 0 Å². The Morgan fingerprint density at radius 2 is 0.938 bits per heavy atom. The van der Waals surface area contributed by atoms with Crippen LogP contribution in [0.5, 0.6) is 0 Å². The van der Waals surface area contributed by atoms with Gasteiger partial charge in [0, 0.05) is 12.8 Å². The van der Waals surface area contributed by atoms with Crippen molar-refractivity contribution in [3.63, 3.8) is 0 Å². The number of aliphatic hydroxyl groups excluding tert-OH is 1. The third-order valence-corrected chi connectivity index (χ3v) is 9.79. The summed E-state index contributed by atoms with van der Waals surface area (Å²) in [5, 5.41) is 55.4. The highest BCUT2D eigenvalue weighted by Crippen LogP contribution is 2.12. The zero-order valence-electron chi connectivity index (χ0n) is 38.0. The molecule has 25 nitrogen and oxygen atoms in total. The Hall–Kier alpha value is -5.95. The molecular weight excluding hydrogens is 860 g/mol. The molecule has 0 aliphatic carbocycles. The molecule has 0 radical (unpaired) electrons. The Kier molecular flexibility index (Phi) is 26.8. The Morgan fingerprint density at radius 3 is 1.38 bits per heavy atom. The summed E-state index contributed by atoms with van der Waals surface area (Å²) < 4.78 is 0. The number of hydrogen-bond donors (Lipinski definition) is 14. The first kappa shape index (κ1) is 59.0. The van der Waals surface area contributed by atoms with Crippen LogP contribution in [-0.2, 0) is 52.7 Å². The van der Waals surface area contributed by atoms with E-state index in [2.05, 4.69) is 37.2 Å². The van der Waals surface area contributed by atoms with E-state index in [-0.39, 0.29) is 38.1 Å². The molecule has 0 heterocycles. The molecule has 9 atom stereocenters. The SMILES string of the molecule is CC(C)C[C@H](NC(=O)[C@@H](NC(=O)[C@H](CCC(=O)O)NC(=O)[C@@H](NC(=O)[C@@H](NC(=O)[C@@H](N)CCC(N)=O)[C@@H](C)O)C(C)C)C(C)C)C(=O)N[C@@H](CC(=O)O)C(=O)N[C@@H](CCCCN)C(=O)O. The summed E-state index contributed by atoms with van der Waals surface area (Å²) >= 11 is 0. The molecule has 0 aromatic rings. The number of rotatable bonds is 32. The number of aliphatic hydroxyl groups is 1. The molecule has 0 aromatic carbocycles. The molecule has 0 saturated heterocycles. The maximum Gasteiger partial charge on any atom is 0.326 e. The van der Waals surface area contributed by atoms with E-state index < -0.39 is 151 Å². The second-order valence-corrected chi connectivity index (χ2v) is 16.8. The van der Waals surface area contributed by atoms with Gasteiger partial charge < -0.3 is 74.8 Å². The molecule has 0 rings (SSSR count). The van der Waals surface area contributed by atoms with Crippen LogP contribution in [0.15, 0.2) is 0 Å². The topological polar surface area (TPSA) is 431 Å². The van der Waals surface area contributed by atoms with Crippen LogP contribution in [0.4, 0.5) is 0 Å². The number of hydrogen-bond acceptors (Lipinski definition) is 14. The van der Waals surface area contributed by atoms with Crippen LogP contribution in [0.25, 0.3) is 0 Å². The number of aliphatic carboxylic acids is 3. The number of carbonyl (C=O) groups excluding carboxylic acids is 8. The highest BCUT2D eigenvalue weighted by molar-refractivity contribution is 5.98. The van der Waals surface area contributed by atoms with Gasteiger partial charge in [-0.05, 0) is 69.7 Å². The standard InChI is InChI=1S/C40H70N10O15/c1-18(2)16-25(35(59)46-26(17-29(55)56)36(60)45-24(40(64)65)10-8-9-15-41)47-38(62)30(19(3)4)48-34(58)23(12-14-28(53)54)44-37(61)31(20(5)6)49-39(63)32(21(7)51)50-33(57)22(42)11-13-27(43)52/h18-26,30-32,51H,8-17,41-42H2,1-7H3,(H2,43,52)(H,44,61)(H,45,60)(H,46,59)(H,47,62)(H,48,58)(H,49,63)(H,50,57)(H,53,54)(H,55,56)(H,64,65)/t21-,22+,23+,24+,25+,26+,30+,31+,32+/m1/s1. The average molecular weight is 931 g/mol. The fourth-order valence-electron chi connectivity index (χ4n) is 6.10. The molecule has 0 aliphatic rings. The lowest BCUT2D eigenvalue weighted by atomic mass is 9.98. The van der Waals surface area contributed by atoms with Crippen molar-refractivity contribution in [2.75, 3.05) is 6.54 Å². The number of carbonyl (C=O) groups is 11. The molecule has 370 valence electrons. The summed E-state index contributed by atoms with van der Waals surface area (Å²) in [6, 6.07) is -12.1. The van der Waals surface area contributed by atoms with Gasteiger partial charge in [-0.2, -0.15) is 0 Å². The van der Waals surface area contributed by atoms with Crippen LogP contribution in [0.1, 0.15) is 106 Å². The van der Waals surface area contributed by atoms with Gasteiger partial charge in [-0.25, -0.2) is 4.79 Å². The highest BCUT2D eigenvalue weighted by atomic mass is 16.4. The maximum absolute atomic E-state index is 13.8. The van der Waals surface area contributed by atoms with Gasteiger partial charge in [0.05, 0.1) is 18.6 Å². The summed E-state index contributed by atoms with van der Waals surface area (Å²) in [6.45, 7) is 10.9. The number of amides is 8. The molecular formula is C40H70N10O15. The van der Waals surface area contributed by atoms with Gasteiger partial charge in [-0.15, -0.1) is 0 Å². The van der Waals surface area contributed by atoms with E-state index in [1.54, 1.807) is 13.8 Å². The number of primary amides is 1. The van der Waals surface area contributed by atoms with Gasteiger partial charge in [0.2, 0.25) is 47.3 Å². The van der Waals surface area contributed by atoms with Crippen LogP contribution < -0.4 is 54.4 Å². The van der Waals surface area contributed by atoms with Crippen molar-refractivity contribution < 1.29 is 73.2 Å². The normalized spacial score (nSPS) is 15.4. The minimum absolute atomic E-state index is 0.0278. The van der Waals surface area contributed by atoms with E-state index >= 15 is 0 Å². The Balaban J connectivity index is 6.40. The van der Waals surface area contributed by atoms with Crippen molar-refractivity contribution in [2.45, 2.75) is 161 Å². The van der Waals surface area contributed by atoms with Crippen molar-refractivity contribution in [3.05, 3.63) is 0 Å². The fraction of sp³-hybridized carbons (Fsp3) is 0.725. The molecule has 0 bridgehead atoms. The number of carboxylic acids is 3. The molecule has 0 saturated carbocycles. The van der Waals surface area contributed by atoms with E-state index in [9.17, 15) is 73.2 Å². The number of nitrogens with two attached hydrogens (primary N) is 3. The van der Waals surface area contributed by atoms with Crippen molar-refractivity contribution in [3.8, 4) is 0 Å². The number of carboxylic acid groups (broad SMARTS) is 3. The Labute approximate surface area is 377 Å². The third-order valence-electron chi connectivity index (χ3n) is 9.79. The lowest BCUT2D eigenvalue weighted by Crippen LogP contribution is -2.62. The quantitative estimate of drug-likeness (QED) is 0.0288. The maximum atomic E-state index is 13.8. The van der Waals surface area contributed by atoms with E-state index in [1.807, 2.05) is 0 Å². The van der Waals surface area contributed by atoms with Crippen LogP contribution in [0.3, 0.4) is 0 Å². The van der Waals surface area contributed by atoms with Gasteiger partial charge in [-0.3, -0.25) is 47.9 Å². The molecule has 8 amide bonds. The Morgan fingerprint density at radius 1 is 0.492 bits per heavy atom. The van der Waals surface area contributed by atoms with E-state index in [1.165, 1.54) is 34.6 Å². The third kappa shape index (κ3) is 23.0. The predicted octanol–water partition coefficient (Wildman–Crippen LogP) is -3.74. The molecule has 17 N–H and O–H groups in total. The van der Waals surface area contributed by atoms with Gasteiger partial charge in [0.15, 0.2) is 0 Å². The van der Waals surface area contributed by atoms with Crippen molar-refractivity contribution >= 4 is 65.2 Å². The minimum Gasteiger partial charge on any atom is -0.481 e. The first-order valence-electron chi connectivity index (χ1n) is 21.3. The number of nitrogens with one attached hydrogen (secondary N) is 7. The number of unbranched alkanes of at least 4 members (excludes halogenated alkanes) is 1. The second-order valence-electron chi connectivity index (χ2n) is 16.8. The largest absolute Gasteiger partial charge is 0.481 e. The molecule has 0 aromatic heterocycles. The van der Waals surface area contributed by atoms with Gasteiger partial charge in [0.1, 0.15) is 42.3 Å². The van der Waals surface area contributed by atoms with Crippen molar-refractivity contribution in [1.82, 2.24) is 37.2 Å². The van der Waals surface area contributed by atoms with Crippen LogP contribution in [-0.4, -0.2) is 147 Å². The summed E-state index contributed by atoms with van der Waals surface area (Å²) in [5.41, 5.74) is 16.3. The smallest absolute Gasteiger partial charge is 0.326 e. The molecule has 65 heavy (non-hydrogen) atoms. The fourth-order valence-corrected chi connectivity index (χ4v) is 6.10. The van der Waals surface area contributed by atoms with Crippen LogP contribution in [0, 0.1) is 17.8 Å². The lowest BCUT2D eigenvalue weighted by molar-refractivity contribution is -0.144. The molecule has 0 unspecified atom stereocenters. The van der Waals surface area contributed by atoms with Gasteiger partial charge in [-0.1, -0.05) is 41.5 Å². The molecule has 0 fully saturated rings. The highest BCUT2D eigenvalue weighted by Gasteiger charge is 2.37. The summed E-state index contributed by atoms with van der Waals surface area (Å²) in [7, 11) is 0. The monoisotopic (exact) mass is 931 g/mol. The predicted molar refractivity (Wildman–Crippen MR) is 230 cm³/mol. The van der Waals surface area contributed by atoms with E-state index in [4.69, 9.17) is 17.2 Å². The zero-order valence-corrected chi connectivity index (χ0v) is 38.0. The average Bonchev–Trinajstić information content (AvgIpc) is 3.19. The van der Waals surface area contributed by atoms with Crippen molar-refractivity contribution in [1.29, 1.82) is 0 Å². The first-order chi connectivity index (χ1) is 30.1. The zero-order chi connectivity index (χ0) is 50.3. The van der Waals surface area contributed by atoms with Gasteiger partial charge in [0.25, 0.3) is 0 Å². The minimum atomic E-state index is -1.77. The van der Waals surface area contributed by atoms with Gasteiger partial charge >= 0.3 is 17.9 Å². The van der Waals surface area contributed by atoms with Crippen LogP contribution >= 0.6 is 0 Å². The summed E-state index contributed by atoms with van der Waals surface area (Å²) in [4.78, 5) is 140. The Bertz CT molecular complexity index is 1680. The second kappa shape index (κ2) is 29.5. The van der Waals surface area contributed by atoms with Crippen molar-refractivity contribution in [2.24, 2.45) is 35.0 Å². The summed E-state index contributed by atoms with van der Waals surface area (Å²) in [5.74, 6) is -13.7. The molecule has 0 aliphatic heterocycles. The van der Waals surface area contributed by atoms with E-state index in [0.717, 1.165) is 0 Å². The molecule has 0 spiro atoms.